The van der Waals surface area contributed by atoms with E-state index >= 15 is 0 Å². The van der Waals surface area contributed by atoms with Crippen LogP contribution in [0.2, 0.25) is 0 Å². The predicted octanol–water partition coefficient (Wildman–Crippen LogP) is 12.1. The number of rotatable bonds is 15. The van der Waals surface area contributed by atoms with Crippen LogP contribution in [0.25, 0.3) is 35.4 Å². The minimum atomic E-state index is -0.348. The van der Waals surface area contributed by atoms with Crippen LogP contribution in [0.4, 0.5) is 5.69 Å². The zero-order valence-corrected chi connectivity index (χ0v) is 26.3. The molecule has 4 aromatic rings. The van der Waals surface area contributed by atoms with E-state index in [1.165, 1.54) is 90.3 Å². The van der Waals surface area contributed by atoms with Gasteiger partial charge in [0.05, 0.1) is 4.92 Å². The van der Waals surface area contributed by atoms with E-state index in [1.807, 2.05) is 12.1 Å². The van der Waals surface area contributed by atoms with E-state index in [0.717, 1.165) is 18.4 Å². The fraction of sp³-hybridized carbons (Fsp3) is 0.317. The topological polar surface area (TPSA) is 43.1 Å². The summed E-state index contributed by atoms with van der Waals surface area (Å²) in [5, 5.41) is 11.2. The van der Waals surface area contributed by atoms with Crippen molar-refractivity contribution in [1.29, 1.82) is 0 Å². The lowest BCUT2D eigenvalue weighted by Gasteiger charge is -2.34. The summed E-state index contributed by atoms with van der Waals surface area (Å²) in [6.07, 6.45) is 21.2. The molecule has 1 aliphatic rings. The van der Waals surface area contributed by atoms with Gasteiger partial charge in [0, 0.05) is 17.5 Å². The molecule has 44 heavy (non-hydrogen) atoms. The number of nitro groups is 1. The minimum Gasteiger partial charge on any atom is -0.258 e. The van der Waals surface area contributed by atoms with Crippen molar-refractivity contribution in [2.45, 2.75) is 83.5 Å². The second-order valence-corrected chi connectivity index (χ2v) is 12.2. The van der Waals surface area contributed by atoms with Crippen LogP contribution in [0.5, 0.6) is 0 Å². The molecule has 0 unspecified atom stereocenters. The van der Waals surface area contributed by atoms with E-state index < -0.39 is 0 Å². The first kappa shape index (κ1) is 31.2. The molecule has 0 amide bonds. The van der Waals surface area contributed by atoms with Gasteiger partial charge in [0.2, 0.25) is 0 Å². The van der Waals surface area contributed by atoms with Crippen LogP contribution in [-0.2, 0) is 5.41 Å². The Balaban J connectivity index is 1.66. The monoisotopic (exact) mass is 583 g/mol. The molecule has 0 bridgehead atoms. The van der Waals surface area contributed by atoms with E-state index in [2.05, 4.69) is 105 Å². The largest absolute Gasteiger partial charge is 0.269 e. The van der Waals surface area contributed by atoms with Crippen LogP contribution in [0.15, 0.2) is 91.0 Å². The number of unbranched alkanes of at least 4 members (excludes halogenated alkanes) is 6. The molecule has 226 valence electrons. The number of fused-ring (bicyclic) bond motifs is 3. The Labute approximate surface area is 263 Å². The summed E-state index contributed by atoms with van der Waals surface area (Å²) in [5.74, 6) is 0. The van der Waals surface area contributed by atoms with Gasteiger partial charge in [-0.15, -0.1) is 0 Å². The van der Waals surface area contributed by atoms with Crippen molar-refractivity contribution in [3.05, 3.63) is 134 Å². The fourth-order valence-electron chi connectivity index (χ4n) is 6.97. The molecule has 3 heteroatoms. The summed E-state index contributed by atoms with van der Waals surface area (Å²) >= 11 is 0. The lowest BCUT2D eigenvalue weighted by molar-refractivity contribution is -0.384. The van der Waals surface area contributed by atoms with Gasteiger partial charge in [0.15, 0.2) is 0 Å². The Bertz CT molecular complexity index is 1590. The molecule has 0 saturated heterocycles. The molecular formula is C41H45NO2. The summed E-state index contributed by atoms with van der Waals surface area (Å²) in [5.41, 5.74) is 10.4. The third-order valence-electron chi connectivity index (χ3n) is 9.19. The predicted molar refractivity (Wildman–Crippen MR) is 188 cm³/mol. The van der Waals surface area contributed by atoms with Crippen LogP contribution in [-0.4, -0.2) is 4.92 Å². The van der Waals surface area contributed by atoms with Gasteiger partial charge in [-0.1, -0.05) is 156 Å². The molecule has 0 radical (unpaired) electrons. The Hall–Kier alpha value is -4.24. The second-order valence-electron chi connectivity index (χ2n) is 12.2. The highest BCUT2D eigenvalue weighted by atomic mass is 16.6. The first-order chi connectivity index (χ1) is 21.6. The second kappa shape index (κ2) is 15.0. The molecule has 0 aromatic heterocycles. The molecule has 1 aliphatic carbocycles. The van der Waals surface area contributed by atoms with Gasteiger partial charge in [-0.2, -0.15) is 0 Å². The Morgan fingerprint density at radius 3 is 1.82 bits per heavy atom. The van der Waals surface area contributed by atoms with Crippen molar-refractivity contribution in [3.63, 3.8) is 0 Å². The van der Waals surface area contributed by atoms with Gasteiger partial charge in [0.1, 0.15) is 0 Å². The standard InChI is InChI=1S/C41H45NO2/c1-3-5-7-14-30-41(31-15-8-6-4-2)38-19-13-12-18-37(38)39-34(24-20-33-22-28-36(29-23-33)42(43)44)26-27-35(40(39)41)25-21-32-16-10-9-11-17-32/h9-13,16-29H,3-8,14-15,30-31H2,1-2H3/b24-20+,25-21+. The number of hydrogen-bond donors (Lipinski definition) is 0. The zero-order valence-electron chi connectivity index (χ0n) is 26.3. The van der Waals surface area contributed by atoms with E-state index in [0.29, 0.717) is 0 Å². The molecular weight excluding hydrogens is 538 g/mol. The summed E-state index contributed by atoms with van der Waals surface area (Å²) in [4.78, 5) is 10.8. The maximum absolute atomic E-state index is 11.2. The van der Waals surface area contributed by atoms with Crippen molar-refractivity contribution >= 4 is 30.0 Å². The molecule has 5 rings (SSSR count). The maximum atomic E-state index is 11.2. The number of benzene rings is 4. The number of nitrogens with zero attached hydrogens (tertiary/aromatic N) is 1. The van der Waals surface area contributed by atoms with Crippen molar-refractivity contribution in [3.8, 4) is 11.1 Å². The molecule has 0 heterocycles. The lowest BCUT2D eigenvalue weighted by atomic mass is 9.69. The third-order valence-corrected chi connectivity index (χ3v) is 9.19. The van der Waals surface area contributed by atoms with Crippen LogP contribution in [0.3, 0.4) is 0 Å². The fourth-order valence-corrected chi connectivity index (χ4v) is 6.97. The van der Waals surface area contributed by atoms with Gasteiger partial charge < -0.3 is 0 Å². The van der Waals surface area contributed by atoms with Gasteiger partial charge in [-0.25, -0.2) is 0 Å². The Morgan fingerprint density at radius 1 is 0.614 bits per heavy atom. The highest BCUT2D eigenvalue weighted by Crippen LogP contribution is 2.57. The zero-order chi connectivity index (χ0) is 30.8. The lowest BCUT2D eigenvalue weighted by Crippen LogP contribution is -2.26. The Kier molecular flexibility index (Phi) is 10.6. The van der Waals surface area contributed by atoms with E-state index in [1.54, 1.807) is 12.1 Å². The van der Waals surface area contributed by atoms with Gasteiger partial charge in [0.25, 0.3) is 5.69 Å². The van der Waals surface area contributed by atoms with E-state index in [9.17, 15) is 10.1 Å². The van der Waals surface area contributed by atoms with Gasteiger partial charge >= 0.3 is 0 Å². The SMILES string of the molecule is CCCCCCC1(CCCCCC)c2ccccc2-c2c(/C=C/c3ccc([N+](=O)[O-])cc3)ccc(/C=C/c3ccccc3)c21. The Morgan fingerprint density at radius 2 is 1.18 bits per heavy atom. The van der Waals surface area contributed by atoms with Crippen LogP contribution < -0.4 is 0 Å². The molecule has 4 aromatic carbocycles. The molecule has 0 aliphatic heterocycles. The van der Waals surface area contributed by atoms with E-state index in [-0.39, 0.29) is 16.0 Å². The van der Waals surface area contributed by atoms with Gasteiger partial charge in [-0.05, 0) is 69.5 Å². The average Bonchev–Trinajstić information content (AvgIpc) is 3.35. The summed E-state index contributed by atoms with van der Waals surface area (Å²) in [6.45, 7) is 4.58. The smallest absolute Gasteiger partial charge is 0.258 e. The summed E-state index contributed by atoms with van der Waals surface area (Å²) in [6, 6.07) is 31.1. The summed E-state index contributed by atoms with van der Waals surface area (Å²) < 4.78 is 0. The molecule has 3 nitrogen and oxygen atoms in total. The molecule has 0 spiro atoms. The molecule has 0 N–H and O–H groups in total. The summed E-state index contributed by atoms with van der Waals surface area (Å²) in [7, 11) is 0. The highest BCUT2D eigenvalue weighted by molar-refractivity contribution is 5.93. The maximum Gasteiger partial charge on any atom is 0.269 e. The molecule has 0 saturated carbocycles. The van der Waals surface area contributed by atoms with Crippen molar-refractivity contribution in [1.82, 2.24) is 0 Å². The average molecular weight is 584 g/mol. The normalized spacial score (nSPS) is 13.4. The minimum absolute atomic E-state index is 0.0268. The number of nitro benzene ring substituents is 1. The quantitative estimate of drug-likeness (QED) is 0.0604. The number of hydrogen-bond acceptors (Lipinski definition) is 2. The van der Waals surface area contributed by atoms with Crippen molar-refractivity contribution < 1.29 is 4.92 Å². The third kappa shape index (κ3) is 6.94. The number of non-ortho nitro benzene ring substituents is 1. The van der Waals surface area contributed by atoms with E-state index in [4.69, 9.17) is 0 Å². The molecule has 0 fully saturated rings. The van der Waals surface area contributed by atoms with Crippen molar-refractivity contribution in [2.24, 2.45) is 0 Å². The van der Waals surface area contributed by atoms with Gasteiger partial charge in [-0.3, -0.25) is 10.1 Å². The first-order valence-electron chi connectivity index (χ1n) is 16.5. The van der Waals surface area contributed by atoms with Crippen LogP contribution in [0.1, 0.15) is 111 Å². The highest BCUT2D eigenvalue weighted by Gasteiger charge is 2.44. The van der Waals surface area contributed by atoms with Crippen LogP contribution in [0, 0.1) is 10.1 Å². The van der Waals surface area contributed by atoms with Crippen molar-refractivity contribution in [2.75, 3.05) is 0 Å². The molecule has 0 atom stereocenters. The first-order valence-corrected chi connectivity index (χ1v) is 16.5. The van der Waals surface area contributed by atoms with Crippen LogP contribution >= 0.6 is 0 Å².